The van der Waals surface area contributed by atoms with Crippen LogP contribution in [0.2, 0.25) is 0 Å². The van der Waals surface area contributed by atoms with E-state index in [9.17, 15) is 4.79 Å². The smallest absolute Gasteiger partial charge is 0.409 e. The van der Waals surface area contributed by atoms with Crippen molar-refractivity contribution >= 4 is 34.3 Å². The fraction of sp³-hybridized carbons (Fsp3) is 0.296. The van der Waals surface area contributed by atoms with Gasteiger partial charge in [-0.15, -0.1) is 0 Å². The van der Waals surface area contributed by atoms with E-state index in [0.717, 1.165) is 47.3 Å². The highest BCUT2D eigenvalue weighted by molar-refractivity contribution is 14.1. The zero-order valence-electron chi connectivity index (χ0n) is 19.9. The molecule has 1 saturated carbocycles. The average Bonchev–Trinajstić information content (AvgIpc) is 3.21. The van der Waals surface area contributed by atoms with E-state index in [-0.39, 0.29) is 6.09 Å². The molecule has 0 aliphatic heterocycles. The van der Waals surface area contributed by atoms with Gasteiger partial charge in [0, 0.05) is 23.5 Å². The van der Waals surface area contributed by atoms with Crippen LogP contribution in [0.3, 0.4) is 0 Å². The molecule has 180 valence electrons. The zero-order valence-corrected chi connectivity index (χ0v) is 22.1. The monoisotopic (exact) mass is 582 g/mol. The lowest BCUT2D eigenvalue weighted by Gasteiger charge is -2.43. The van der Waals surface area contributed by atoms with E-state index in [1.165, 1.54) is 0 Å². The Balaban J connectivity index is 1.54. The molecule has 1 amide bonds. The number of alkyl carbamates (subject to hydrolysis) is 1. The molecule has 1 fully saturated rings. The minimum absolute atomic E-state index is 0.389. The summed E-state index contributed by atoms with van der Waals surface area (Å²) in [6.07, 6.45) is 6.06. The molecule has 2 heterocycles. The Hall–Kier alpha value is -3.14. The van der Waals surface area contributed by atoms with Crippen molar-refractivity contribution in [3.8, 4) is 28.4 Å². The van der Waals surface area contributed by atoms with Gasteiger partial charge in [-0.3, -0.25) is 4.40 Å². The van der Waals surface area contributed by atoms with Gasteiger partial charge in [0.15, 0.2) is 3.61 Å². The van der Waals surface area contributed by atoms with E-state index >= 15 is 0 Å². The van der Waals surface area contributed by atoms with Gasteiger partial charge in [-0.1, -0.05) is 54.6 Å². The minimum atomic E-state index is -0.566. The van der Waals surface area contributed by atoms with Crippen molar-refractivity contribution in [2.45, 2.75) is 42.3 Å². The van der Waals surface area contributed by atoms with Crippen LogP contribution >= 0.6 is 22.6 Å². The highest BCUT2D eigenvalue weighted by atomic mass is 127. The molecule has 0 spiro atoms. The number of halogens is 1. The molecule has 2 aromatic heterocycles. The third-order valence-electron chi connectivity index (χ3n) is 6.35. The standard InChI is InChI=1S/C27H27IN4O3/c1-26(2,28)35-25(33)31-27(14-7-15-27)20-12-10-18(11-13-20)21-22(19-8-5-4-6-9-19)32-17-16-29-24(34-3)23(32)30-21/h4-6,8-13,16-17H,7,14-15H2,1-3H3,(H,31,33). The van der Waals surface area contributed by atoms with Crippen LogP contribution in [0.25, 0.3) is 28.2 Å². The zero-order chi connectivity index (χ0) is 24.6. The number of carbonyl (C=O) groups is 1. The topological polar surface area (TPSA) is 77.8 Å². The van der Waals surface area contributed by atoms with E-state index in [0.29, 0.717) is 11.5 Å². The first-order valence-electron chi connectivity index (χ1n) is 11.6. The van der Waals surface area contributed by atoms with E-state index in [1.807, 2.05) is 42.6 Å². The van der Waals surface area contributed by atoms with Crippen molar-refractivity contribution in [1.29, 1.82) is 0 Å². The number of hydrogen-bond donors (Lipinski definition) is 1. The number of methoxy groups -OCH3 is 1. The minimum Gasteiger partial charge on any atom is -0.478 e. The van der Waals surface area contributed by atoms with Crippen LogP contribution in [0.5, 0.6) is 5.88 Å². The molecule has 4 aromatic rings. The summed E-state index contributed by atoms with van der Waals surface area (Å²) in [7, 11) is 1.60. The van der Waals surface area contributed by atoms with Crippen molar-refractivity contribution in [3.05, 3.63) is 72.6 Å². The first kappa shape index (κ1) is 23.6. The van der Waals surface area contributed by atoms with Crippen molar-refractivity contribution in [2.24, 2.45) is 0 Å². The van der Waals surface area contributed by atoms with Gasteiger partial charge < -0.3 is 14.8 Å². The SMILES string of the molecule is COc1nccn2c(-c3ccccc3)c(-c3ccc(C4(NC(=O)OC(C)(C)I)CCC4)cc3)nc12. The summed E-state index contributed by atoms with van der Waals surface area (Å²) in [6.45, 7) is 3.72. The van der Waals surface area contributed by atoms with Crippen LogP contribution < -0.4 is 10.1 Å². The third kappa shape index (κ3) is 4.59. The average molecular weight is 582 g/mol. The summed E-state index contributed by atoms with van der Waals surface area (Å²) >= 11 is 2.11. The van der Waals surface area contributed by atoms with Crippen LogP contribution in [-0.2, 0) is 10.3 Å². The first-order valence-corrected chi connectivity index (χ1v) is 12.6. The Morgan fingerprint density at radius 2 is 1.80 bits per heavy atom. The molecule has 8 heteroatoms. The molecule has 1 aliphatic carbocycles. The number of carbonyl (C=O) groups excluding carboxylic acids is 1. The number of benzene rings is 2. The largest absolute Gasteiger partial charge is 0.478 e. The predicted octanol–water partition coefficient (Wildman–Crippen LogP) is 6.35. The maximum atomic E-state index is 12.5. The number of hydrogen-bond acceptors (Lipinski definition) is 5. The van der Waals surface area contributed by atoms with Crippen LogP contribution in [-0.4, -0.2) is 31.2 Å². The molecule has 1 N–H and O–H groups in total. The Kier molecular flexibility index (Phi) is 6.16. The molecule has 0 bridgehead atoms. The quantitative estimate of drug-likeness (QED) is 0.212. The Labute approximate surface area is 218 Å². The van der Waals surface area contributed by atoms with Gasteiger partial charge in [0.05, 0.1) is 24.0 Å². The number of amides is 1. The number of nitrogens with zero attached hydrogens (tertiary/aromatic N) is 3. The fourth-order valence-corrected chi connectivity index (χ4v) is 4.78. The molecule has 1 aliphatic rings. The van der Waals surface area contributed by atoms with E-state index in [2.05, 4.69) is 69.3 Å². The number of rotatable bonds is 6. The van der Waals surface area contributed by atoms with Crippen LogP contribution in [0.4, 0.5) is 4.79 Å². The summed E-state index contributed by atoms with van der Waals surface area (Å²) < 4.78 is 12.4. The van der Waals surface area contributed by atoms with Gasteiger partial charge in [-0.2, -0.15) is 0 Å². The lowest BCUT2D eigenvalue weighted by atomic mass is 9.71. The Morgan fingerprint density at radius 3 is 2.40 bits per heavy atom. The number of fused-ring (bicyclic) bond motifs is 1. The number of imidazole rings is 1. The number of aromatic nitrogens is 3. The summed E-state index contributed by atoms with van der Waals surface area (Å²) in [6, 6.07) is 18.5. The second-order valence-corrected chi connectivity index (χ2v) is 11.8. The third-order valence-corrected chi connectivity index (χ3v) is 6.57. The maximum absolute atomic E-state index is 12.5. The van der Waals surface area contributed by atoms with Gasteiger partial charge >= 0.3 is 6.09 Å². The molecule has 7 nitrogen and oxygen atoms in total. The number of ether oxygens (including phenoxy) is 2. The predicted molar refractivity (Wildman–Crippen MR) is 144 cm³/mol. The molecular weight excluding hydrogens is 555 g/mol. The second-order valence-electron chi connectivity index (χ2n) is 9.20. The van der Waals surface area contributed by atoms with Gasteiger partial charge in [0.1, 0.15) is 0 Å². The number of nitrogens with one attached hydrogen (secondary N) is 1. The van der Waals surface area contributed by atoms with Crippen molar-refractivity contribution < 1.29 is 14.3 Å². The van der Waals surface area contributed by atoms with E-state index < -0.39 is 9.15 Å². The van der Waals surface area contributed by atoms with Gasteiger partial charge in [0.25, 0.3) is 5.88 Å². The molecule has 0 saturated heterocycles. The second kappa shape index (κ2) is 9.14. The molecule has 0 radical (unpaired) electrons. The summed E-state index contributed by atoms with van der Waals surface area (Å²) in [5.74, 6) is 0.474. The van der Waals surface area contributed by atoms with Crippen LogP contribution in [0, 0.1) is 0 Å². The lowest BCUT2D eigenvalue weighted by Crippen LogP contribution is -2.51. The van der Waals surface area contributed by atoms with E-state index in [4.69, 9.17) is 14.5 Å². The van der Waals surface area contributed by atoms with Crippen molar-refractivity contribution in [1.82, 2.24) is 19.7 Å². The molecule has 35 heavy (non-hydrogen) atoms. The number of alkyl halides is 1. The molecule has 0 unspecified atom stereocenters. The fourth-order valence-electron chi connectivity index (χ4n) is 4.58. The molecular formula is C27H27IN4O3. The highest BCUT2D eigenvalue weighted by Gasteiger charge is 2.41. The molecule has 5 rings (SSSR count). The van der Waals surface area contributed by atoms with Crippen molar-refractivity contribution in [2.75, 3.05) is 7.11 Å². The highest BCUT2D eigenvalue weighted by Crippen LogP contribution is 2.43. The molecule has 0 atom stereocenters. The van der Waals surface area contributed by atoms with Gasteiger partial charge in [0.2, 0.25) is 5.65 Å². The van der Waals surface area contributed by atoms with Gasteiger partial charge in [-0.25, -0.2) is 14.8 Å². The summed E-state index contributed by atoms with van der Waals surface area (Å²) in [5, 5.41) is 3.13. The summed E-state index contributed by atoms with van der Waals surface area (Å²) in [5.41, 5.74) is 5.17. The summed E-state index contributed by atoms with van der Waals surface area (Å²) in [4.78, 5) is 21.8. The van der Waals surface area contributed by atoms with Gasteiger partial charge in [-0.05, 0) is 61.3 Å². The normalized spacial score (nSPS) is 14.9. The lowest BCUT2D eigenvalue weighted by molar-refractivity contribution is 0.0819. The Morgan fingerprint density at radius 1 is 1.09 bits per heavy atom. The molecule has 2 aromatic carbocycles. The van der Waals surface area contributed by atoms with Crippen LogP contribution in [0.15, 0.2) is 67.0 Å². The van der Waals surface area contributed by atoms with E-state index in [1.54, 1.807) is 13.3 Å². The van der Waals surface area contributed by atoms with Crippen molar-refractivity contribution in [3.63, 3.8) is 0 Å². The van der Waals surface area contributed by atoms with Crippen LogP contribution in [0.1, 0.15) is 38.7 Å². The Bertz CT molecular complexity index is 1360. The first-order chi connectivity index (χ1) is 16.8. The maximum Gasteiger partial charge on any atom is 0.409 e.